The maximum Gasteiger partial charge on any atom is 0.255 e. The number of nitrogens with zero attached hydrogens (tertiary/aromatic N) is 1. The number of hydrogen-bond donors (Lipinski definition) is 1. The number of hydrogen-bond acceptors (Lipinski definition) is 5. The molecule has 0 unspecified atom stereocenters. The minimum atomic E-state index is -0.238. The van der Waals surface area contributed by atoms with Crippen LogP contribution in [0.15, 0.2) is 67.0 Å². The van der Waals surface area contributed by atoms with E-state index < -0.39 is 0 Å². The molecule has 3 aromatic rings. The molecule has 0 bridgehead atoms. The number of aromatic nitrogens is 1. The smallest absolute Gasteiger partial charge is 0.255 e. The Morgan fingerprint density at radius 3 is 2.70 bits per heavy atom. The van der Waals surface area contributed by atoms with Crippen LogP contribution in [0.1, 0.15) is 35.7 Å². The summed E-state index contributed by atoms with van der Waals surface area (Å²) >= 11 is 0. The lowest BCUT2D eigenvalue weighted by Crippen LogP contribution is -2.12. The highest BCUT2D eigenvalue weighted by Crippen LogP contribution is 2.29. The van der Waals surface area contributed by atoms with Crippen molar-refractivity contribution < 1.29 is 19.0 Å². The number of methoxy groups -OCH3 is 1. The van der Waals surface area contributed by atoms with Crippen LogP contribution in [0.3, 0.4) is 0 Å². The van der Waals surface area contributed by atoms with E-state index >= 15 is 0 Å². The Kier molecular flexibility index (Phi) is 7.66. The van der Waals surface area contributed by atoms with Crippen molar-refractivity contribution in [2.24, 2.45) is 0 Å². The van der Waals surface area contributed by atoms with Crippen molar-refractivity contribution in [3.05, 3.63) is 78.1 Å². The molecule has 3 rings (SSSR count). The topological polar surface area (TPSA) is 69.7 Å². The first-order valence-electron chi connectivity index (χ1n) is 9.93. The third kappa shape index (κ3) is 5.98. The molecule has 0 aliphatic carbocycles. The zero-order chi connectivity index (χ0) is 21.2. The van der Waals surface area contributed by atoms with Gasteiger partial charge in [0.25, 0.3) is 5.91 Å². The number of carbonyl (C=O) groups excluding carboxylic acids is 1. The summed E-state index contributed by atoms with van der Waals surface area (Å²) in [5, 5.41) is 2.89. The third-order valence-corrected chi connectivity index (χ3v) is 4.40. The highest BCUT2D eigenvalue weighted by Gasteiger charge is 2.12. The van der Waals surface area contributed by atoms with E-state index in [0.717, 1.165) is 18.4 Å². The number of rotatable bonds is 10. The van der Waals surface area contributed by atoms with Gasteiger partial charge in [0, 0.05) is 35.3 Å². The van der Waals surface area contributed by atoms with E-state index in [1.165, 1.54) is 0 Å². The summed E-state index contributed by atoms with van der Waals surface area (Å²) in [6, 6.07) is 16.3. The van der Waals surface area contributed by atoms with Crippen molar-refractivity contribution in [3.63, 3.8) is 0 Å². The van der Waals surface area contributed by atoms with Gasteiger partial charge in [-0.25, -0.2) is 0 Å². The Hall–Kier alpha value is -3.54. The molecule has 1 N–H and O–H groups in total. The summed E-state index contributed by atoms with van der Waals surface area (Å²) in [7, 11) is 1.56. The van der Waals surface area contributed by atoms with Crippen LogP contribution in [0.25, 0.3) is 0 Å². The van der Waals surface area contributed by atoms with Crippen LogP contribution in [-0.2, 0) is 6.61 Å². The molecule has 1 amide bonds. The molecular weight excluding hydrogens is 380 g/mol. The number of amides is 1. The van der Waals surface area contributed by atoms with Crippen molar-refractivity contribution >= 4 is 11.6 Å². The fraction of sp³-hybridized carbons (Fsp3) is 0.250. The average Bonchev–Trinajstić information content (AvgIpc) is 2.79. The summed E-state index contributed by atoms with van der Waals surface area (Å²) in [4.78, 5) is 16.8. The first-order chi connectivity index (χ1) is 14.7. The predicted octanol–water partition coefficient (Wildman–Crippen LogP) is 5.10. The number of ether oxygens (including phenoxy) is 3. The lowest BCUT2D eigenvalue weighted by Gasteiger charge is -2.13. The molecule has 1 heterocycles. The first-order valence-corrected chi connectivity index (χ1v) is 9.93. The Balaban J connectivity index is 1.64. The Labute approximate surface area is 176 Å². The Bertz CT molecular complexity index is 960. The van der Waals surface area contributed by atoms with E-state index in [9.17, 15) is 4.79 Å². The number of pyridine rings is 1. The van der Waals surface area contributed by atoms with Crippen LogP contribution >= 0.6 is 0 Å². The van der Waals surface area contributed by atoms with Gasteiger partial charge in [0.15, 0.2) is 11.5 Å². The number of benzene rings is 2. The maximum atomic E-state index is 12.7. The molecule has 0 saturated carbocycles. The SMILES string of the molecule is CCCCOc1ccc(C(=O)Nc2cccc(OCc3cccnc3)c2)cc1OC. The summed E-state index contributed by atoms with van der Waals surface area (Å²) in [6.45, 7) is 3.12. The molecule has 0 fully saturated rings. The van der Waals surface area contributed by atoms with Crippen molar-refractivity contribution in [1.82, 2.24) is 4.98 Å². The molecule has 0 saturated heterocycles. The minimum Gasteiger partial charge on any atom is -0.493 e. The standard InChI is InChI=1S/C24H26N2O4/c1-3-4-13-29-22-11-10-19(14-23(22)28-2)24(27)26-20-8-5-9-21(15-20)30-17-18-7-6-12-25-16-18/h5-12,14-16H,3-4,13,17H2,1-2H3,(H,26,27). The van der Waals surface area contributed by atoms with Crippen LogP contribution in [0, 0.1) is 0 Å². The van der Waals surface area contributed by atoms with Gasteiger partial charge in [0.2, 0.25) is 0 Å². The van der Waals surface area contributed by atoms with Gasteiger partial charge in [0.1, 0.15) is 12.4 Å². The quantitative estimate of drug-likeness (QED) is 0.474. The Morgan fingerprint density at radius 1 is 1.03 bits per heavy atom. The van der Waals surface area contributed by atoms with E-state index in [-0.39, 0.29) is 5.91 Å². The van der Waals surface area contributed by atoms with Gasteiger partial charge in [0.05, 0.1) is 13.7 Å². The molecule has 0 aliphatic heterocycles. The Morgan fingerprint density at radius 2 is 1.93 bits per heavy atom. The van der Waals surface area contributed by atoms with Gasteiger partial charge in [-0.1, -0.05) is 25.5 Å². The highest BCUT2D eigenvalue weighted by atomic mass is 16.5. The van der Waals surface area contributed by atoms with Crippen LogP contribution < -0.4 is 19.5 Å². The average molecular weight is 406 g/mol. The van der Waals surface area contributed by atoms with Crippen molar-refractivity contribution in [2.75, 3.05) is 19.0 Å². The lowest BCUT2D eigenvalue weighted by atomic mass is 10.1. The second kappa shape index (κ2) is 10.9. The number of carbonyl (C=O) groups is 1. The fourth-order valence-electron chi connectivity index (χ4n) is 2.77. The summed E-state index contributed by atoms with van der Waals surface area (Å²) in [5.74, 6) is 1.59. The zero-order valence-corrected chi connectivity index (χ0v) is 17.3. The number of unbranched alkanes of at least 4 members (excludes halogenated alkanes) is 1. The van der Waals surface area contributed by atoms with E-state index in [1.54, 1.807) is 43.8 Å². The fourth-order valence-corrected chi connectivity index (χ4v) is 2.77. The second-order valence-corrected chi connectivity index (χ2v) is 6.70. The molecule has 0 atom stereocenters. The second-order valence-electron chi connectivity index (χ2n) is 6.70. The van der Waals surface area contributed by atoms with Crippen molar-refractivity contribution in [2.45, 2.75) is 26.4 Å². The van der Waals surface area contributed by atoms with Gasteiger partial charge < -0.3 is 19.5 Å². The zero-order valence-electron chi connectivity index (χ0n) is 17.3. The van der Waals surface area contributed by atoms with Crippen LogP contribution in [-0.4, -0.2) is 24.6 Å². The summed E-state index contributed by atoms with van der Waals surface area (Å²) < 4.78 is 16.9. The molecule has 1 aromatic heterocycles. The predicted molar refractivity (Wildman–Crippen MR) is 116 cm³/mol. The van der Waals surface area contributed by atoms with E-state index in [2.05, 4.69) is 17.2 Å². The van der Waals surface area contributed by atoms with Gasteiger partial charge in [-0.3, -0.25) is 9.78 Å². The van der Waals surface area contributed by atoms with Gasteiger partial charge in [-0.05, 0) is 42.8 Å². The van der Waals surface area contributed by atoms with Gasteiger partial charge in [-0.15, -0.1) is 0 Å². The molecule has 0 aliphatic rings. The molecule has 30 heavy (non-hydrogen) atoms. The highest BCUT2D eigenvalue weighted by molar-refractivity contribution is 6.04. The third-order valence-electron chi connectivity index (χ3n) is 4.40. The first kappa shape index (κ1) is 21.2. The largest absolute Gasteiger partial charge is 0.493 e. The van der Waals surface area contributed by atoms with Gasteiger partial charge in [-0.2, -0.15) is 0 Å². The molecule has 6 heteroatoms. The summed E-state index contributed by atoms with van der Waals surface area (Å²) in [6.07, 6.45) is 5.49. The molecule has 6 nitrogen and oxygen atoms in total. The molecular formula is C24H26N2O4. The number of nitrogens with one attached hydrogen (secondary N) is 1. The molecule has 156 valence electrons. The van der Waals surface area contributed by atoms with E-state index in [0.29, 0.717) is 41.7 Å². The maximum absolute atomic E-state index is 12.7. The lowest BCUT2D eigenvalue weighted by molar-refractivity contribution is 0.102. The van der Waals surface area contributed by atoms with E-state index in [4.69, 9.17) is 14.2 Å². The minimum absolute atomic E-state index is 0.238. The van der Waals surface area contributed by atoms with E-state index in [1.807, 2.05) is 30.3 Å². The molecule has 2 aromatic carbocycles. The van der Waals surface area contributed by atoms with Crippen LogP contribution in [0.2, 0.25) is 0 Å². The molecule has 0 radical (unpaired) electrons. The molecule has 0 spiro atoms. The number of anilines is 1. The summed E-state index contributed by atoms with van der Waals surface area (Å²) in [5.41, 5.74) is 2.10. The monoisotopic (exact) mass is 406 g/mol. The van der Waals surface area contributed by atoms with Crippen molar-refractivity contribution in [3.8, 4) is 17.2 Å². The van der Waals surface area contributed by atoms with Crippen molar-refractivity contribution in [1.29, 1.82) is 0 Å². The van der Waals surface area contributed by atoms with Crippen LogP contribution in [0.4, 0.5) is 5.69 Å². The van der Waals surface area contributed by atoms with Crippen LogP contribution in [0.5, 0.6) is 17.2 Å². The normalized spacial score (nSPS) is 10.3. The van der Waals surface area contributed by atoms with Gasteiger partial charge >= 0.3 is 0 Å².